The fourth-order valence-corrected chi connectivity index (χ4v) is 3.92. The van der Waals surface area contributed by atoms with E-state index in [-0.39, 0.29) is 32.1 Å². The number of hydrogen-bond donors (Lipinski definition) is 3. The third-order valence-corrected chi connectivity index (χ3v) is 5.54. The molecule has 3 N–H and O–H groups in total. The molecule has 2 aromatic carbocycles. The summed E-state index contributed by atoms with van der Waals surface area (Å²) in [5.41, 5.74) is 4.52. The van der Waals surface area contributed by atoms with E-state index in [1.807, 2.05) is 36.4 Å². The molecule has 0 heterocycles. The number of fused-ring (bicyclic) bond motifs is 3. The first kappa shape index (κ1) is 24.2. The molecule has 2 atom stereocenters. The Morgan fingerprint density at radius 1 is 1.00 bits per heavy atom. The molecule has 0 aliphatic heterocycles. The monoisotopic (exact) mass is 456 g/mol. The van der Waals surface area contributed by atoms with E-state index >= 15 is 0 Å². The normalized spacial score (nSPS) is 14.0. The summed E-state index contributed by atoms with van der Waals surface area (Å²) in [5, 5.41) is 14.1. The van der Waals surface area contributed by atoms with Crippen LogP contribution in [0.25, 0.3) is 11.1 Å². The van der Waals surface area contributed by atoms with Gasteiger partial charge in [-0.15, -0.1) is 0 Å². The van der Waals surface area contributed by atoms with Gasteiger partial charge in [0.2, 0.25) is 5.91 Å². The number of rotatable bonds is 11. The average Bonchev–Trinajstić information content (AvgIpc) is 3.13. The van der Waals surface area contributed by atoms with Crippen molar-refractivity contribution in [2.75, 3.05) is 34.0 Å². The molecule has 9 nitrogen and oxygen atoms in total. The van der Waals surface area contributed by atoms with E-state index in [1.165, 1.54) is 14.2 Å². The van der Waals surface area contributed by atoms with E-state index in [1.54, 1.807) is 0 Å². The van der Waals surface area contributed by atoms with E-state index in [0.717, 1.165) is 22.3 Å². The van der Waals surface area contributed by atoms with Gasteiger partial charge in [0.1, 0.15) is 12.7 Å². The topological polar surface area (TPSA) is 123 Å². The Kier molecular flexibility index (Phi) is 8.39. The fraction of sp³-hybridized carbons (Fsp3) is 0.375. The van der Waals surface area contributed by atoms with Gasteiger partial charge in [-0.05, 0) is 22.3 Å². The zero-order valence-corrected chi connectivity index (χ0v) is 18.6. The number of ether oxygens (including phenoxy) is 3. The number of alkyl carbamates (subject to hydrolysis) is 1. The number of nitrogens with one attached hydrogen (secondary N) is 2. The number of carbonyl (C=O) groups is 3. The molecular formula is C24H28N2O7. The van der Waals surface area contributed by atoms with Crippen LogP contribution in [-0.4, -0.2) is 69.2 Å². The third kappa shape index (κ3) is 5.88. The molecule has 0 bridgehead atoms. The Hall–Kier alpha value is -3.43. The average molecular weight is 456 g/mol. The molecule has 0 saturated carbocycles. The summed E-state index contributed by atoms with van der Waals surface area (Å²) >= 11 is 0. The molecule has 0 aromatic heterocycles. The van der Waals surface area contributed by atoms with Crippen LogP contribution in [-0.2, 0) is 23.8 Å². The zero-order valence-electron chi connectivity index (χ0n) is 18.6. The van der Waals surface area contributed by atoms with Crippen LogP contribution in [0.3, 0.4) is 0 Å². The van der Waals surface area contributed by atoms with Crippen molar-refractivity contribution in [1.82, 2.24) is 10.6 Å². The van der Waals surface area contributed by atoms with Gasteiger partial charge >= 0.3 is 12.1 Å². The summed E-state index contributed by atoms with van der Waals surface area (Å²) in [4.78, 5) is 35.7. The number of methoxy groups -OCH3 is 2. The molecule has 3 rings (SSSR count). The Morgan fingerprint density at radius 2 is 1.61 bits per heavy atom. The van der Waals surface area contributed by atoms with E-state index in [9.17, 15) is 14.4 Å². The Labute approximate surface area is 192 Å². The number of aliphatic carboxylic acids is 1. The molecular weight excluding hydrogens is 428 g/mol. The summed E-state index contributed by atoms with van der Waals surface area (Å²) in [6, 6.07) is 14.9. The minimum Gasteiger partial charge on any atom is -0.480 e. The highest BCUT2D eigenvalue weighted by Gasteiger charge is 2.29. The summed E-state index contributed by atoms with van der Waals surface area (Å²) in [6.07, 6.45) is -1.39. The lowest BCUT2D eigenvalue weighted by Crippen LogP contribution is -2.48. The van der Waals surface area contributed by atoms with Crippen LogP contribution in [0, 0.1) is 0 Å². The quantitative estimate of drug-likeness (QED) is 0.473. The lowest BCUT2D eigenvalue weighted by molar-refractivity contribution is -0.145. The number of amides is 2. The number of carboxylic acid groups (broad SMARTS) is 1. The standard InChI is InChI=1S/C24H28N2O7/c1-31-14-20(23(28)29)26-22(27)21(32-2)11-12-25-24(30)33-13-19-17-9-5-3-7-15(17)16-8-4-6-10-18(16)19/h3-10,19-21H,11-14H2,1-2H3,(H,25,30)(H,26,27)(H,28,29). The largest absolute Gasteiger partial charge is 0.480 e. The number of carbonyl (C=O) groups excluding carboxylic acids is 2. The molecule has 1 aliphatic carbocycles. The van der Waals surface area contributed by atoms with Gasteiger partial charge in [0, 0.05) is 33.1 Å². The summed E-state index contributed by atoms with van der Waals surface area (Å²) in [5.74, 6) is -1.86. The molecule has 2 amide bonds. The van der Waals surface area contributed by atoms with Gasteiger partial charge in [0.15, 0.2) is 6.04 Å². The first-order chi connectivity index (χ1) is 16.0. The van der Waals surface area contributed by atoms with Crippen molar-refractivity contribution in [3.8, 4) is 11.1 Å². The maximum atomic E-state index is 12.3. The molecule has 176 valence electrons. The minimum atomic E-state index is -1.21. The van der Waals surface area contributed by atoms with Gasteiger partial charge in [-0.3, -0.25) is 4.79 Å². The molecule has 2 unspecified atom stereocenters. The van der Waals surface area contributed by atoms with Crippen molar-refractivity contribution < 1.29 is 33.7 Å². The van der Waals surface area contributed by atoms with Gasteiger partial charge in [-0.1, -0.05) is 48.5 Å². The van der Waals surface area contributed by atoms with Crippen molar-refractivity contribution in [3.05, 3.63) is 59.7 Å². The van der Waals surface area contributed by atoms with E-state index < -0.39 is 30.1 Å². The molecule has 2 aromatic rings. The van der Waals surface area contributed by atoms with Gasteiger partial charge in [-0.2, -0.15) is 0 Å². The summed E-state index contributed by atoms with van der Waals surface area (Å²) in [6.45, 7) is 0.130. The van der Waals surface area contributed by atoms with Crippen LogP contribution in [0.1, 0.15) is 23.5 Å². The lowest BCUT2D eigenvalue weighted by Gasteiger charge is -2.19. The van der Waals surface area contributed by atoms with Gasteiger partial charge < -0.3 is 30.0 Å². The predicted octanol–water partition coefficient (Wildman–Crippen LogP) is 2.15. The maximum Gasteiger partial charge on any atom is 0.407 e. The first-order valence-corrected chi connectivity index (χ1v) is 10.6. The molecule has 0 fully saturated rings. The first-order valence-electron chi connectivity index (χ1n) is 10.6. The van der Waals surface area contributed by atoms with Crippen molar-refractivity contribution in [2.24, 2.45) is 0 Å². The molecule has 0 radical (unpaired) electrons. The summed E-state index contributed by atoms with van der Waals surface area (Å²) < 4.78 is 15.4. The second-order valence-corrected chi connectivity index (χ2v) is 7.62. The molecule has 1 aliphatic rings. The van der Waals surface area contributed by atoms with Crippen molar-refractivity contribution in [1.29, 1.82) is 0 Å². The molecule has 9 heteroatoms. The highest BCUT2D eigenvalue weighted by atomic mass is 16.5. The van der Waals surface area contributed by atoms with Crippen molar-refractivity contribution >= 4 is 18.0 Å². The highest BCUT2D eigenvalue weighted by molar-refractivity contribution is 5.86. The van der Waals surface area contributed by atoms with E-state index in [0.29, 0.717) is 0 Å². The van der Waals surface area contributed by atoms with Crippen LogP contribution in [0.2, 0.25) is 0 Å². The Balaban J connectivity index is 1.49. The Morgan fingerprint density at radius 3 is 2.15 bits per heavy atom. The number of benzene rings is 2. The third-order valence-electron chi connectivity index (χ3n) is 5.54. The molecule has 0 saturated heterocycles. The highest BCUT2D eigenvalue weighted by Crippen LogP contribution is 2.44. The van der Waals surface area contributed by atoms with Crippen molar-refractivity contribution in [3.63, 3.8) is 0 Å². The van der Waals surface area contributed by atoms with Gasteiger partial charge in [0.05, 0.1) is 6.61 Å². The van der Waals surface area contributed by atoms with Crippen molar-refractivity contribution in [2.45, 2.75) is 24.5 Å². The number of carboxylic acids is 1. The predicted molar refractivity (Wildman–Crippen MR) is 120 cm³/mol. The van der Waals surface area contributed by atoms with E-state index in [4.69, 9.17) is 19.3 Å². The number of hydrogen-bond acceptors (Lipinski definition) is 6. The van der Waals surface area contributed by atoms with Crippen LogP contribution in [0.15, 0.2) is 48.5 Å². The molecule has 0 spiro atoms. The second-order valence-electron chi connectivity index (χ2n) is 7.62. The van der Waals surface area contributed by atoms with E-state index in [2.05, 4.69) is 22.8 Å². The smallest absolute Gasteiger partial charge is 0.407 e. The van der Waals surface area contributed by atoms with Crippen LogP contribution < -0.4 is 10.6 Å². The van der Waals surface area contributed by atoms with Gasteiger partial charge in [-0.25, -0.2) is 9.59 Å². The summed E-state index contributed by atoms with van der Waals surface area (Å²) in [7, 11) is 2.68. The van der Waals surface area contributed by atoms with Crippen LogP contribution >= 0.6 is 0 Å². The lowest BCUT2D eigenvalue weighted by atomic mass is 9.98. The molecule has 33 heavy (non-hydrogen) atoms. The SMILES string of the molecule is COCC(NC(=O)C(CCNC(=O)OCC1c2ccccc2-c2ccccc21)OC)C(=O)O. The second kappa shape index (κ2) is 11.4. The van der Waals surface area contributed by atoms with Gasteiger partial charge in [0.25, 0.3) is 0 Å². The van der Waals surface area contributed by atoms with Crippen LogP contribution in [0.4, 0.5) is 4.79 Å². The zero-order chi connectivity index (χ0) is 23.8. The Bertz CT molecular complexity index is 949. The van der Waals surface area contributed by atoms with Crippen LogP contribution in [0.5, 0.6) is 0 Å². The fourth-order valence-electron chi connectivity index (χ4n) is 3.92. The minimum absolute atomic E-state index is 0.0469. The maximum absolute atomic E-state index is 12.3.